The number of nitrogens with one attached hydrogen (secondary N) is 1. The second-order valence-corrected chi connectivity index (χ2v) is 6.55. The van der Waals surface area contributed by atoms with Crippen LogP contribution in [0.3, 0.4) is 0 Å². The van der Waals surface area contributed by atoms with E-state index in [2.05, 4.69) is 18.6 Å². The van der Waals surface area contributed by atoms with Crippen LogP contribution >= 0.6 is 0 Å². The fourth-order valence-electron chi connectivity index (χ4n) is 1.73. The summed E-state index contributed by atoms with van der Waals surface area (Å²) >= 11 is 0. The Morgan fingerprint density at radius 1 is 1.32 bits per heavy atom. The Hall–Kier alpha value is -1.07. The fraction of sp³-hybridized carbons (Fsp3) is 0.571. The Kier molecular flexibility index (Phi) is 5.82. The van der Waals surface area contributed by atoms with Crippen molar-refractivity contribution in [1.82, 2.24) is 4.72 Å². The maximum atomic E-state index is 12.2. The van der Waals surface area contributed by atoms with Crippen molar-refractivity contribution < 1.29 is 13.2 Å². The number of benzene rings is 1. The van der Waals surface area contributed by atoms with Crippen molar-refractivity contribution in [2.24, 2.45) is 0 Å². The highest BCUT2D eigenvalue weighted by Gasteiger charge is 2.19. The van der Waals surface area contributed by atoms with E-state index in [0.29, 0.717) is 18.2 Å². The Balaban J connectivity index is 3.05. The molecular weight excluding hydrogens is 262 g/mol. The van der Waals surface area contributed by atoms with E-state index in [1.54, 1.807) is 12.1 Å². The van der Waals surface area contributed by atoms with Gasteiger partial charge in [-0.25, -0.2) is 13.1 Å². The van der Waals surface area contributed by atoms with E-state index in [1.165, 1.54) is 7.11 Å². The van der Waals surface area contributed by atoms with Gasteiger partial charge in [-0.2, -0.15) is 0 Å². The van der Waals surface area contributed by atoms with Crippen LogP contribution < -0.4 is 9.46 Å². The summed E-state index contributed by atoms with van der Waals surface area (Å²) in [6, 6.07) is 5.24. The van der Waals surface area contributed by atoms with Crippen LogP contribution in [0.2, 0.25) is 0 Å². The summed E-state index contributed by atoms with van der Waals surface area (Å²) in [4.78, 5) is 0.204. The summed E-state index contributed by atoms with van der Waals surface area (Å²) < 4.78 is 32.2. The van der Waals surface area contributed by atoms with Crippen LogP contribution in [0, 0.1) is 0 Å². The zero-order valence-electron chi connectivity index (χ0n) is 12.1. The molecule has 0 aliphatic rings. The number of rotatable bonds is 7. The first kappa shape index (κ1) is 16.0. The van der Waals surface area contributed by atoms with E-state index < -0.39 is 10.0 Å². The molecule has 0 heterocycles. The number of sulfonamides is 1. The Morgan fingerprint density at radius 2 is 2.00 bits per heavy atom. The molecule has 0 aromatic heterocycles. The number of methoxy groups -OCH3 is 1. The average molecular weight is 285 g/mol. The number of unbranched alkanes of at least 4 members (excludes halogenated alkanes) is 1. The van der Waals surface area contributed by atoms with Gasteiger partial charge >= 0.3 is 0 Å². The molecule has 1 N–H and O–H groups in total. The minimum Gasteiger partial charge on any atom is -0.495 e. The van der Waals surface area contributed by atoms with E-state index in [9.17, 15) is 8.42 Å². The summed E-state index contributed by atoms with van der Waals surface area (Å²) in [5.41, 5.74) is 1.06. The van der Waals surface area contributed by atoms with Gasteiger partial charge in [0.25, 0.3) is 0 Å². The van der Waals surface area contributed by atoms with Gasteiger partial charge in [-0.05, 0) is 30.0 Å². The molecule has 0 saturated heterocycles. The topological polar surface area (TPSA) is 55.4 Å². The monoisotopic (exact) mass is 285 g/mol. The number of hydrogen-bond acceptors (Lipinski definition) is 3. The van der Waals surface area contributed by atoms with Crippen molar-refractivity contribution in [2.75, 3.05) is 13.7 Å². The summed E-state index contributed by atoms with van der Waals surface area (Å²) in [6.07, 6.45) is 1.78. The van der Waals surface area contributed by atoms with E-state index in [4.69, 9.17) is 4.74 Å². The van der Waals surface area contributed by atoms with Gasteiger partial charge in [-0.15, -0.1) is 0 Å². The highest BCUT2D eigenvalue weighted by molar-refractivity contribution is 7.89. The summed E-state index contributed by atoms with van der Waals surface area (Å²) in [5, 5.41) is 0. The van der Waals surface area contributed by atoms with Crippen LogP contribution in [0.15, 0.2) is 23.1 Å². The summed E-state index contributed by atoms with van der Waals surface area (Å²) in [6.45, 7) is 6.59. The highest BCUT2D eigenvalue weighted by Crippen LogP contribution is 2.27. The third-order valence-corrected chi connectivity index (χ3v) is 4.47. The lowest BCUT2D eigenvalue weighted by Crippen LogP contribution is -2.25. The van der Waals surface area contributed by atoms with Crippen LogP contribution in [0.25, 0.3) is 0 Å². The first-order valence-electron chi connectivity index (χ1n) is 6.60. The molecular formula is C14H23NO3S. The van der Waals surface area contributed by atoms with Gasteiger partial charge in [-0.1, -0.05) is 33.3 Å². The average Bonchev–Trinajstić information content (AvgIpc) is 2.38. The van der Waals surface area contributed by atoms with Crippen LogP contribution in [0.5, 0.6) is 5.75 Å². The molecule has 1 aromatic carbocycles. The maximum absolute atomic E-state index is 12.2. The molecule has 0 aliphatic heterocycles. The lowest BCUT2D eigenvalue weighted by Gasteiger charge is -2.13. The Labute approximate surface area is 116 Å². The zero-order valence-corrected chi connectivity index (χ0v) is 12.9. The normalized spacial score (nSPS) is 11.8. The van der Waals surface area contributed by atoms with Crippen molar-refractivity contribution in [1.29, 1.82) is 0 Å². The molecule has 0 unspecified atom stereocenters. The maximum Gasteiger partial charge on any atom is 0.244 e. The minimum absolute atomic E-state index is 0.204. The van der Waals surface area contributed by atoms with Crippen molar-refractivity contribution in [3.05, 3.63) is 23.8 Å². The molecule has 0 radical (unpaired) electrons. The van der Waals surface area contributed by atoms with Crippen LogP contribution in [-0.4, -0.2) is 22.1 Å². The molecule has 0 spiro atoms. The van der Waals surface area contributed by atoms with E-state index >= 15 is 0 Å². The molecule has 1 aromatic rings. The lowest BCUT2D eigenvalue weighted by atomic mass is 10.0. The van der Waals surface area contributed by atoms with Crippen LogP contribution in [0.1, 0.15) is 45.1 Å². The summed E-state index contributed by atoms with van der Waals surface area (Å²) in [7, 11) is -2.00. The second-order valence-electron chi connectivity index (χ2n) is 4.82. The fourth-order valence-corrected chi connectivity index (χ4v) is 2.95. The summed E-state index contributed by atoms with van der Waals surface area (Å²) in [5.74, 6) is 0.730. The SMILES string of the molecule is CCCCNS(=O)(=O)c1ccc(C(C)C)cc1OC. The van der Waals surface area contributed by atoms with Crippen LogP contribution in [-0.2, 0) is 10.0 Å². The molecule has 5 heteroatoms. The molecule has 0 aliphatic carbocycles. The molecule has 108 valence electrons. The van der Waals surface area contributed by atoms with Crippen molar-refractivity contribution >= 4 is 10.0 Å². The number of ether oxygens (including phenoxy) is 1. The Bertz CT molecular complexity index is 509. The molecule has 1 rings (SSSR count). The first-order chi connectivity index (χ1) is 8.92. The first-order valence-corrected chi connectivity index (χ1v) is 8.08. The largest absolute Gasteiger partial charge is 0.495 e. The molecule has 0 amide bonds. The molecule has 0 saturated carbocycles. The third-order valence-electron chi connectivity index (χ3n) is 2.97. The van der Waals surface area contributed by atoms with Gasteiger partial charge in [0, 0.05) is 6.54 Å². The molecule has 4 nitrogen and oxygen atoms in total. The zero-order chi connectivity index (χ0) is 14.5. The van der Waals surface area contributed by atoms with Gasteiger partial charge in [0.15, 0.2) is 0 Å². The van der Waals surface area contributed by atoms with Gasteiger partial charge < -0.3 is 4.74 Å². The smallest absolute Gasteiger partial charge is 0.244 e. The Morgan fingerprint density at radius 3 is 2.53 bits per heavy atom. The second kappa shape index (κ2) is 6.91. The highest BCUT2D eigenvalue weighted by atomic mass is 32.2. The lowest BCUT2D eigenvalue weighted by molar-refractivity contribution is 0.401. The minimum atomic E-state index is -3.49. The van der Waals surface area contributed by atoms with Gasteiger partial charge in [-0.3, -0.25) is 0 Å². The van der Waals surface area contributed by atoms with Gasteiger partial charge in [0.1, 0.15) is 10.6 Å². The molecule has 0 fully saturated rings. The van der Waals surface area contributed by atoms with Crippen molar-refractivity contribution in [2.45, 2.75) is 44.4 Å². The molecule has 0 atom stereocenters. The predicted octanol–water partition coefficient (Wildman–Crippen LogP) is 2.90. The molecule has 19 heavy (non-hydrogen) atoms. The predicted molar refractivity (Wildman–Crippen MR) is 77.2 cm³/mol. The van der Waals surface area contributed by atoms with E-state index in [-0.39, 0.29) is 4.90 Å². The van der Waals surface area contributed by atoms with Crippen molar-refractivity contribution in [3.63, 3.8) is 0 Å². The molecule has 0 bridgehead atoms. The number of hydrogen-bond donors (Lipinski definition) is 1. The third kappa shape index (κ3) is 4.21. The van der Waals surface area contributed by atoms with E-state index in [1.807, 2.05) is 13.0 Å². The van der Waals surface area contributed by atoms with Crippen LogP contribution in [0.4, 0.5) is 0 Å². The van der Waals surface area contributed by atoms with Crippen molar-refractivity contribution in [3.8, 4) is 5.75 Å². The quantitative estimate of drug-likeness (QED) is 0.784. The van der Waals surface area contributed by atoms with Gasteiger partial charge in [0.05, 0.1) is 7.11 Å². The van der Waals surface area contributed by atoms with Gasteiger partial charge in [0.2, 0.25) is 10.0 Å². The van der Waals surface area contributed by atoms with E-state index in [0.717, 1.165) is 18.4 Å². The standard InChI is InChI=1S/C14H23NO3S/c1-5-6-9-15-19(16,17)14-8-7-12(11(2)3)10-13(14)18-4/h7-8,10-11,15H,5-6,9H2,1-4H3.